The molecule has 1 aliphatic rings. The van der Waals surface area contributed by atoms with E-state index in [1.807, 2.05) is 12.1 Å². The van der Waals surface area contributed by atoms with E-state index in [2.05, 4.69) is 10.6 Å². The first-order valence-corrected chi connectivity index (χ1v) is 12.4. The van der Waals surface area contributed by atoms with Gasteiger partial charge in [-0.15, -0.1) is 0 Å². The van der Waals surface area contributed by atoms with E-state index < -0.39 is 41.7 Å². The van der Waals surface area contributed by atoms with Crippen molar-refractivity contribution in [3.05, 3.63) is 60.7 Å². The van der Waals surface area contributed by atoms with Crippen molar-refractivity contribution in [2.45, 2.75) is 43.5 Å². The first-order chi connectivity index (χ1) is 16.8. The Labute approximate surface area is 212 Å². The second-order valence-corrected chi connectivity index (χ2v) is 8.96. The number of benzene rings is 2. The highest BCUT2D eigenvalue weighted by atomic mass is 32.2. The van der Waals surface area contributed by atoms with Crippen molar-refractivity contribution >= 4 is 52.9 Å². The first-order valence-electron chi connectivity index (χ1n) is 10.7. The maximum absolute atomic E-state index is 12.8. The number of esters is 1. The Bertz CT molecular complexity index is 957. The predicted octanol–water partition coefficient (Wildman–Crippen LogP) is 3.53. The average Bonchev–Trinajstić information content (AvgIpc) is 3.05. The summed E-state index contributed by atoms with van der Waals surface area (Å²) >= 11 is 6.61. The summed E-state index contributed by atoms with van der Waals surface area (Å²) in [5, 5.41) is 4.69. The molecular weight excluding hydrogens is 492 g/mol. The van der Waals surface area contributed by atoms with Crippen molar-refractivity contribution in [1.82, 2.24) is 5.32 Å². The van der Waals surface area contributed by atoms with Crippen molar-refractivity contribution in [2.75, 3.05) is 11.6 Å². The van der Waals surface area contributed by atoms with Crippen LogP contribution in [0.15, 0.2) is 60.7 Å². The predicted molar refractivity (Wildman–Crippen MR) is 135 cm³/mol. The van der Waals surface area contributed by atoms with Gasteiger partial charge in [-0.25, -0.2) is 4.79 Å². The lowest BCUT2D eigenvalue weighted by atomic mass is 10.2. The van der Waals surface area contributed by atoms with E-state index >= 15 is 0 Å². The van der Waals surface area contributed by atoms with Gasteiger partial charge in [-0.3, -0.25) is 14.9 Å². The van der Waals surface area contributed by atoms with Crippen LogP contribution in [0.25, 0.3) is 0 Å². The Morgan fingerprint density at radius 2 is 1.49 bits per heavy atom. The Morgan fingerprint density at radius 3 is 2.06 bits per heavy atom. The number of nitrogens with one attached hydrogen (secondary N) is 2. The Kier molecular flexibility index (Phi) is 9.32. The molecule has 5 atom stereocenters. The van der Waals surface area contributed by atoms with Gasteiger partial charge in [0.1, 0.15) is 5.75 Å². The highest BCUT2D eigenvalue weighted by Crippen LogP contribution is 2.36. The SMILES string of the molecule is CS[C@@H]1[C@@H](NC(C)=O)[C@@H](OC(=O)Nc2ccccc2)[C@@H](OC(=S)Oc2ccccc2)[C@H]1OC(C)=O. The third-order valence-corrected chi connectivity index (χ3v) is 6.35. The number of anilines is 1. The average molecular weight is 519 g/mol. The Hall–Kier alpha value is -3.31. The monoisotopic (exact) mass is 518 g/mol. The zero-order valence-corrected chi connectivity index (χ0v) is 21.0. The van der Waals surface area contributed by atoms with Gasteiger partial charge in [0.05, 0.1) is 11.3 Å². The minimum atomic E-state index is -1.05. The van der Waals surface area contributed by atoms with Gasteiger partial charge in [0, 0.05) is 31.8 Å². The van der Waals surface area contributed by atoms with Gasteiger partial charge in [-0.2, -0.15) is 11.8 Å². The largest absolute Gasteiger partial charge is 0.457 e. The van der Waals surface area contributed by atoms with Crippen LogP contribution in [-0.4, -0.2) is 59.1 Å². The molecule has 1 aliphatic carbocycles. The van der Waals surface area contributed by atoms with Gasteiger partial charge in [-0.1, -0.05) is 36.4 Å². The number of hydrogen-bond acceptors (Lipinski definition) is 9. The lowest BCUT2D eigenvalue weighted by molar-refractivity contribution is -0.151. The van der Waals surface area contributed by atoms with Gasteiger partial charge in [0.25, 0.3) is 0 Å². The molecule has 0 bridgehead atoms. The van der Waals surface area contributed by atoms with Crippen molar-refractivity contribution in [2.24, 2.45) is 0 Å². The molecule has 0 aliphatic heterocycles. The third-order valence-electron chi connectivity index (χ3n) is 5.06. The van der Waals surface area contributed by atoms with Crippen LogP contribution in [0.4, 0.5) is 10.5 Å². The summed E-state index contributed by atoms with van der Waals surface area (Å²) in [4.78, 5) is 36.7. The number of thiocarbonyl (C=S) groups is 1. The van der Waals surface area contributed by atoms with Gasteiger partial charge in [0.2, 0.25) is 5.91 Å². The molecule has 2 N–H and O–H groups in total. The van der Waals surface area contributed by atoms with E-state index in [9.17, 15) is 14.4 Å². The number of ether oxygens (including phenoxy) is 4. The minimum Gasteiger partial charge on any atom is -0.457 e. The van der Waals surface area contributed by atoms with Crippen LogP contribution in [0.5, 0.6) is 5.75 Å². The van der Waals surface area contributed by atoms with Crippen LogP contribution in [0, 0.1) is 0 Å². The second-order valence-electron chi connectivity index (χ2n) is 7.61. The first kappa shape index (κ1) is 26.3. The molecule has 9 nitrogen and oxygen atoms in total. The number of carbonyl (C=O) groups is 3. The Morgan fingerprint density at radius 1 is 0.857 bits per heavy atom. The molecular formula is C24H26N2O7S2. The molecule has 35 heavy (non-hydrogen) atoms. The van der Waals surface area contributed by atoms with E-state index in [-0.39, 0.29) is 11.1 Å². The van der Waals surface area contributed by atoms with E-state index in [4.69, 9.17) is 31.2 Å². The summed E-state index contributed by atoms with van der Waals surface area (Å²) in [6.07, 6.45) is -1.99. The van der Waals surface area contributed by atoms with Crippen molar-refractivity contribution in [3.63, 3.8) is 0 Å². The van der Waals surface area contributed by atoms with E-state index in [1.165, 1.54) is 25.6 Å². The number of para-hydroxylation sites is 2. The maximum Gasteiger partial charge on any atom is 0.412 e. The minimum absolute atomic E-state index is 0.251. The molecule has 0 heterocycles. The van der Waals surface area contributed by atoms with E-state index in [0.29, 0.717) is 11.4 Å². The van der Waals surface area contributed by atoms with Crippen LogP contribution in [0.2, 0.25) is 0 Å². The Balaban J connectivity index is 1.88. The standard InChI is InChI=1S/C24H26N2O7S2/c1-14(27)25-18-19(32-23(29)26-16-10-6-4-7-11-16)20(21(22(18)35-3)30-15(2)28)33-24(34)31-17-12-8-5-9-13-17/h4-13,18-22H,1-3H3,(H,25,27)(H,26,29)/t18-,19+,20+,21+,22+/m0/s1. The molecule has 1 saturated carbocycles. The number of hydrogen-bond donors (Lipinski definition) is 2. The summed E-state index contributed by atoms with van der Waals surface area (Å²) in [7, 11) is 0. The normalized spacial score (nSPS) is 23.0. The molecule has 2 amide bonds. The second kappa shape index (κ2) is 12.4. The number of thioether (sulfide) groups is 1. The molecule has 0 aromatic heterocycles. The number of amides is 2. The van der Waals surface area contributed by atoms with Crippen LogP contribution in [0.1, 0.15) is 13.8 Å². The lowest BCUT2D eigenvalue weighted by Crippen LogP contribution is -2.49. The lowest BCUT2D eigenvalue weighted by Gasteiger charge is -2.26. The van der Waals surface area contributed by atoms with Crippen molar-refractivity contribution < 1.29 is 33.3 Å². The molecule has 0 radical (unpaired) electrons. The van der Waals surface area contributed by atoms with Crippen LogP contribution in [0.3, 0.4) is 0 Å². The highest BCUT2D eigenvalue weighted by Gasteiger charge is 2.57. The zero-order valence-electron chi connectivity index (χ0n) is 19.3. The van der Waals surface area contributed by atoms with Crippen molar-refractivity contribution in [1.29, 1.82) is 0 Å². The fourth-order valence-electron chi connectivity index (χ4n) is 3.76. The number of rotatable bonds is 7. The summed E-state index contributed by atoms with van der Waals surface area (Å²) < 4.78 is 22.8. The van der Waals surface area contributed by atoms with Gasteiger partial charge in [0.15, 0.2) is 18.3 Å². The zero-order chi connectivity index (χ0) is 25.4. The summed E-state index contributed by atoms with van der Waals surface area (Å²) in [6, 6.07) is 16.7. The molecule has 0 saturated heterocycles. The molecule has 1 fully saturated rings. The quantitative estimate of drug-likeness (QED) is 0.420. The van der Waals surface area contributed by atoms with Crippen LogP contribution in [-0.2, 0) is 23.8 Å². The fraction of sp³-hybridized carbons (Fsp3) is 0.333. The fourth-order valence-corrected chi connectivity index (χ4v) is 4.96. The van der Waals surface area contributed by atoms with Crippen LogP contribution >= 0.6 is 24.0 Å². The number of carbonyl (C=O) groups excluding carboxylic acids is 3. The van der Waals surface area contributed by atoms with Crippen molar-refractivity contribution in [3.8, 4) is 5.75 Å². The third kappa shape index (κ3) is 7.33. The van der Waals surface area contributed by atoms with Gasteiger partial charge >= 0.3 is 17.3 Å². The molecule has 3 rings (SSSR count). The molecule has 0 unspecified atom stereocenters. The van der Waals surface area contributed by atoms with Gasteiger partial charge < -0.3 is 24.3 Å². The maximum atomic E-state index is 12.8. The van der Waals surface area contributed by atoms with E-state index in [1.54, 1.807) is 54.8 Å². The smallest absolute Gasteiger partial charge is 0.412 e. The van der Waals surface area contributed by atoms with E-state index in [0.717, 1.165) is 0 Å². The molecule has 2 aromatic rings. The molecule has 186 valence electrons. The topological polar surface area (TPSA) is 112 Å². The van der Waals surface area contributed by atoms with Gasteiger partial charge in [-0.05, 0) is 30.5 Å². The van der Waals surface area contributed by atoms with Crippen LogP contribution < -0.4 is 15.4 Å². The summed E-state index contributed by atoms with van der Waals surface area (Å²) in [5.41, 5.74) is 0.518. The summed E-state index contributed by atoms with van der Waals surface area (Å²) in [5.74, 6) is -0.469. The summed E-state index contributed by atoms with van der Waals surface area (Å²) in [6.45, 7) is 2.60. The highest BCUT2D eigenvalue weighted by molar-refractivity contribution is 7.99. The molecule has 11 heteroatoms. The molecule has 0 spiro atoms. The molecule has 2 aromatic carbocycles.